The smallest absolute Gasteiger partial charge is 0.270 e. The van der Waals surface area contributed by atoms with Gasteiger partial charge in [0.1, 0.15) is 0 Å². The number of hydrogen-bond acceptors (Lipinski definition) is 4. The summed E-state index contributed by atoms with van der Waals surface area (Å²) in [5.74, 6) is -1.90. The molecule has 154 valence electrons. The molecule has 0 aliphatic rings. The first-order valence-corrected chi connectivity index (χ1v) is 10.1. The monoisotopic (exact) mass is 390 g/mol. The first-order chi connectivity index (χ1) is 13.3. The lowest BCUT2D eigenvalue weighted by atomic mass is 9.98. The fourth-order valence-corrected chi connectivity index (χ4v) is 3.30. The van der Waals surface area contributed by atoms with E-state index < -0.39 is 5.92 Å². The van der Waals surface area contributed by atoms with Crippen molar-refractivity contribution in [1.82, 2.24) is 9.97 Å². The van der Waals surface area contributed by atoms with Gasteiger partial charge in [0.05, 0.1) is 0 Å². The standard InChI is InChI=1S/C22H32F2N4/c1-5-16(13-25)8-7-9-20-17(6-2)14-26-21(28-20)27-19-11-15(3)10-18(12-19)22(4,23)24/h10-12,14,16H,5-9,13,25H2,1-4H3,(H,26,27,28). The van der Waals surface area contributed by atoms with E-state index in [2.05, 4.69) is 29.1 Å². The Labute approximate surface area is 167 Å². The number of nitrogens with two attached hydrogens (primary N) is 1. The van der Waals surface area contributed by atoms with Gasteiger partial charge >= 0.3 is 0 Å². The molecule has 2 rings (SSSR count). The van der Waals surface area contributed by atoms with Gasteiger partial charge in [-0.3, -0.25) is 0 Å². The van der Waals surface area contributed by atoms with Gasteiger partial charge in [0, 0.05) is 30.1 Å². The normalized spacial score (nSPS) is 12.8. The van der Waals surface area contributed by atoms with E-state index in [1.54, 1.807) is 6.92 Å². The second-order valence-electron chi connectivity index (χ2n) is 7.52. The van der Waals surface area contributed by atoms with Crippen LogP contribution in [0.2, 0.25) is 0 Å². The maximum absolute atomic E-state index is 13.7. The lowest BCUT2D eigenvalue weighted by Crippen LogP contribution is -2.14. The Morgan fingerprint density at radius 3 is 2.57 bits per heavy atom. The molecular formula is C22H32F2N4. The van der Waals surface area contributed by atoms with Crippen LogP contribution in [0.25, 0.3) is 0 Å². The van der Waals surface area contributed by atoms with Crippen LogP contribution in [0.15, 0.2) is 24.4 Å². The summed E-state index contributed by atoms with van der Waals surface area (Å²) in [6, 6.07) is 4.77. The minimum absolute atomic E-state index is 0.0206. The molecule has 2 aromatic rings. The predicted molar refractivity (Wildman–Crippen MR) is 111 cm³/mol. The Bertz CT molecular complexity index is 768. The van der Waals surface area contributed by atoms with Gasteiger partial charge in [-0.05, 0) is 74.4 Å². The van der Waals surface area contributed by atoms with E-state index in [4.69, 9.17) is 5.73 Å². The predicted octanol–water partition coefficient (Wildman–Crippen LogP) is 5.51. The van der Waals surface area contributed by atoms with Gasteiger partial charge in [0.2, 0.25) is 5.95 Å². The zero-order chi connectivity index (χ0) is 20.7. The van der Waals surface area contributed by atoms with Crippen LogP contribution in [0.4, 0.5) is 20.4 Å². The van der Waals surface area contributed by atoms with Crippen LogP contribution < -0.4 is 11.1 Å². The van der Waals surface area contributed by atoms with Crippen molar-refractivity contribution in [3.05, 3.63) is 46.8 Å². The van der Waals surface area contributed by atoms with Crippen molar-refractivity contribution in [2.24, 2.45) is 11.7 Å². The lowest BCUT2D eigenvalue weighted by Gasteiger charge is -2.15. The van der Waals surface area contributed by atoms with Crippen molar-refractivity contribution in [2.45, 2.75) is 65.7 Å². The van der Waals surface area contributed by atoms with Gasteiger partial charge in [-0.15, -0.1) is 0 Å². The summed E-state index contributed by atoms with van der Waals surface area (Å²) in [7, 11) is 0. The van der Waals surface area contributed by atoms with E-state index in [1.165, 1.54) is 12.1 Å². The molecule has 1 unspecified atom stereocenters. The maximum Gasteiger partial charge on any atom is 0.270 e. The lowest BCUT2D eigenvalue weighted by molar-refractivity contribution is 0.0174. The zero-order valence-electron chi connectivity index (χ0n) is 17.4. The molecule has 1 atom stereocenters. The highest BCUT2D eigenvalue weighted by Gasteiger charge is 2.25. The van der Waals surface area contributed by atoms with Gasteiger partial charge < -0.3 is 11.1 Å². The summed E-state index contributed by atoms with van der Waals surface area (Å²) in [6.45, 7) is 7.67. The third-order valence-corrected chi connectivity index (χ3v) is 5.11. The van der Waals surface area contributed by atoms with E-state index in [9.17, 15) is 8.78 Å². The molecule has 1 aromatic heterocycles. The molecule has 28 heavy (non-hydrogen) atoms. The number of alkyl halides is 2. The van der Waals surface area contributed by atoms with Crippen LogP contribution in [0.5, 0.6) is 0 Å². The van der Waals surface area contributed by atoms with Crippen molar-refractivity contribution >= 4 is 11.6 Å². The highest BCUT2D eigenvalue weighted by atomic mass is 19.3. The largest absolute Gasteiger partial charge is 0.330 e. The Hall–Kier alpha value is -2.08. The topological polar surface area (TPSA) is 63.8 Å². The molecule has 0 saturated heterocycles. The van der Waals surface area contributed by atoms with Gasteiger partial charge in [-0.1, -0.05) is 20.3 Å². The quantitative estimate of drug-likeness (QED) is 0.561. The fourth-order valence-electron chi connectivity index (χ4n) is 3.30. The number of nitrogens with zero attached hydrogens (tertiary/aromatic N) is 2. The van der Waals surface area contributed by atoms with E-state index in [1.807, 2.05) is 12.3 Å². The second-order valence-corrected chi connectivity index (χ2v) is 7.52. The van der Waals surface area contributed by atoms with Gasteiger partial charge in [0.15, 0.2) is 0 Å². The fraction of sp³-hybridized carbons (Fsp3) is 0.545. The van der Waals surface area contributed by atoms with Crippen LogP contribution in [0.1, 0.15) is 62.4 Å². The first-order valence-electron chi connectivity index (χ1n) is 10.1. The van der Waals surface area contributed by atoms with Crippen LogP contribution in [0, 0.1) is 12.8 Å². The van der Waals surface area contributed by atoms with Crippen molar-refractivity contribution in [3.63, 3.8) is 0 Å². The minimum Gasteiger partial charge on any atom is -0.330 e. The highest BCUT2D eigenvalue weighted by Crippen LogP contribution is 2.30. The molecule has 0 saturated carbocycles. The minimum atomic E-state index is -2.89. The van der Waals surface area contributed by atoms with E-state index in [0.29, 0.717) is 24.1 Å². The maximum atomic E-state index is 13.7. The number of aryl methyl sites for hydroxylation is 3. The molecule has 0 aliphatic heterocycles. The Balaban J connectivity index is 2.17. The third kappa shape index (κ3) is 6.23. The number of hydrogen-bond donors (Lipinski definition) is 2. The summed E-state index contributed by atoms with van der Waals surface area (Å²) in [6.07, 6.45) is 6.75. The van der Waals surface area contributed by atoms with Crippen LogP contribution in [-0.2, 0) is 18.8 Å². The first kappa shape index (κ1) is 22.2. The summed E-state index contributed by atoms with van der Waals surface area (Å²) in [4.78, 5) is 9.04. The van der Waals surface area contributed by atoms with Crippen LogP contribution in [0.3, 0.4) is 0 Å². The molecule has 0 amide bonds. The van der Waals surface area contributed by atoms with Crippen molar-refractivity contribution in [3.8, 4) is 0 Å². The Morgan fingerprint density at radius 1 is 1.21 bits per heavy atom. The van der Waals surface area contributed by atoms with Gasteiger partial charge in [-0.25, -0.2) is 18.7 Å². The van der Waals surface area contributed by atoms with Gasteiger partial charge in [0.25, 0.3) is 5.92 Å². The molecule has 0 fully saturated rings. The van der Waals surface area contributed by atoms with E-state index in [-0.39, 0.29) is 5.56 Å². The number of nitrogens with one attached hydrogen (secondary N) is 1. The summed E-state index contributed by atoms with van der Waals surface area (Å²) < 4.78 is 27.4. The molecule has 0 bridgehead atoms. The summed E-state index contributed by atoms with van der Waals surface area (Å²) in [5, 5.41) is 3.09. The molecule has 1 aromatic carbocycles. The SMILES string of the molecule is CCc1cnc(Nc2cc(C)cc(C(C)(F)F)c2)nc1CCCC(CC)CN. The number of halogens is 2. The summed E-state index contributed by atoms with van der Waals surface area (Å²) in [5.41, 5.74) is 9.24. The van der Waals surface area contributed by atoms with Gasteiger partial charge in [-0.2, -0.15) is 0 Å². The van der Waals surface area contributed by atoms with Crippen LogP contribution in [-0.4, -0.2) is 16.5 Å². The number of rotatable bonds is 10. The molecule has 1 heterocycles. The highest BCUT2D eigenvalue weighted by molar-refractivity contribution is 5.56. The molecular weight excluding hydrogens is 358 g/mol. The average molecular weight is 391 g/mol. The number of aromatic nitrogens is 2. The van der Waals surface area contributed by atoms with Crippen molar-refractivity contribution < 1.29 is 8.78 Å². The molecule has 0 aliphatic carbocycles. The molecule has 0 spiro atoms. The van der Waals surface area contributed by atoms with E-state index >= 15 is 0 Å². The third-order valence-electron chi connectivity index (χ3n) is 5.11. The van der Waals surface area contributed by atoms with Crippen molar-refractivity contribution in [1.29, 1.82) is 0 Å². The second kappa shape index (κ2) is 9.92. The zero-order valence-corrected chi connectivity index (χ0v) is 17.4. The molecule has 4 nitrogen and oxygen atoms in total. The Kier molecular flexibility index (Phi) is 7.87. The number of benzene rings is 1. The molecule has 6 heteroatoms. The molecule has 0 radical (unpaired) electrons. The van der Waals surface area contributed by atoms with E-state index in [0.717, 1.165) is 55.8 Å². The Morgan fingerprint density at radius 2 is 1.96 bits per heavy atom. The molecule has 3 N–H and O–H groups in total. The summed E-state index contributed by atoms with van der Waals surface area (Å²) >= 11 is 0. The average Bonchev–Trinajstić information content (AvgIpc) is 2.64. The van der Waals surface area contributed by atoms with Crippen molar-refractivity contribution in [2.75, 3.05) is 11.9 Å². The van der Waals surface area contributed by atoms with Crippen LogP contribution >= 0.6 is 0 Å². The number of anilines is 2.